The van der Waals surface area contributed by atoms with Gasteiger partial charge in [-0.1, -0.05) is 12.1 Å². The van der Waals surface area contributed by atoms with Crippen LogP contribution in [-0.4, -0.2) is 24.0 Å². The van der Waals surface area contributed by atoms with Gasteiger partial charge in [-0.25, -0.2) is 4.98 Å². The van der Waals surface area contributed by atoms with E-state index in [1.54, 1.807) is 7.11 Å². The second-order valence-corrected chi connectivity index (χ2v) is 5.34. The lowest BCUT2D eigenvalue weighted by Crippen LogP contribution is -2.16. The number of hydrogen-bond acceptors (Lipinski definition) is 5. The number of ether oxygens (including phenoxy) is 1. The molecule has 18 heavy (non-hydrogen) atoms. The minimum Gasteiger partial charge on any atom is -0.497 e. The van der Waals surface area contributed by atoms with Gasteiger partial charge in [-0.3, -0.25) is 4.90 Å². The molecular weight excluding hydrogens is 246 g/mol. The number of methoxy groups -OCH3 is 1. The molecule has 0 amide bonds. The number of aromatic nitrogens is 1. The van der Waals surface area contributed by atoms with Crippen molar-refractivity contribution in [2.24, 2.45) is 0 Å². The number of benzene rings is 1. The van der Waals surface area contributed by atoms with Gasteiger partial charge in [0.25, 0.3) is 0 Å². The Labute approximate surface area is 111 Å². The molecule has 0 saturated heterocycles. The molecule has 96 valence electrons. The summed E-state index contributed by atoms with van der Waals surface area (Å²) in [6, 6.07) is 8.11. The van der Waals surface area contributed by atoms with Crippen molar-refractivity contribution in [3.8, 4) is 5.75 Å². The van der Waals surface area contributed by atoms with Gasteiger partial charge in [0.2, 0.25) is 0 Å². The molecule has 1 heterocycles. The minimum absolute atomic E-state index is 0.625. The van der Waals surface area contributed by atoms with E-state index in [1.807, 2.05) is 18.3 Å². The highest BCUT2D eigenvalue weighted by Gasteiger charge is 2.05. The Hall–Kier alpha value is -1.59. The third kappa shape index (κ3) is 3.45. The van der Waals surface area contributed by atoms with Crippen LogP contribution < -0.4 is 10.5 Å². The number of hydrogen-bond donors (Lipinski definition) is 1. The van der Waals surface area contributed by atoms with Crippen LogP contribution in [0.1, 0.15) is 10.4 Å². The number of nitrogens with two attached hydrogens (primary N) is 1. The largest absolute Gasteiger partial charge is 0.497 e. The zero-order valence-corrected chi connectivity index (χ0v) is 11.4. The average molecular weight is 263 g/mol. The van der Waals surface area contributed by atoms with Crippen LogP contribution in [0.3, 0.4) is 0 Å². The molecule has 0 unspecified atom stereocenters. The monoisotopic (exact) mass is 263 g/mol. The van der Waals surface area contributed by atoms with E-state index in [-0.39, 0.29) is 0 Å². The first-order valence-electron chi connectivity index (χ1n) is 5.69. The molecule has 0 bridgehead atoms. The normalized spacial score (nSPS) is 10.8. The van der Waals surface area contributed by atoms with E-state index < -0.39 is 0 Å². The van der Waals surface area contributed by atoms with E-state index in [4.69, 9.17) is 10.5 Å². The highest BCUT2D eigenvalue weighted by atomic mass is 32.1. The maximum atomic E-state index is 5.62. The summed E-state index contributed by atoms with van der Waals surface area (Å²) in [5.74, 6) is 0.892. The molecule has 2 rings (SSSR count). The number of rotatable bonds is 5. The van der Waals surface area contributed by atoms with Gasteiger partial charge in [0.15, 0.2) is 5.13 Å². The second kappa shape index (κ2) is 5.84. The van der Waals surface area contributed by atoms with Crippen LogP contribution in [0.2, 0.25) is 0 Å². The lowest BCUT2D eigenvalue weighted by Gasteiger charge is -2.15. The van der Waals surface area contributed by atoms with Crippen molar-refractivity contribution in [2.75, 3.05) is 19.9 Å². The molecule has 0 radical (unpaired) electrons. The first-order chi connectivity index (χ1) is 8.67. The van der Waals surface area contributed by atoms with E-state index in [9.17, 15) is 0 Å². The first kappa shape index (κ1) is 12.9. The zero-order valence-electron chi connectivity index (χ0n) is 10.6. The number of thiazole rings is 1. The molecule has 1 aromatic carbocycles. The molecule has 0 fully saturated rings. The van der Waals surface area contributed by atoms with Crippen LogP contribution in [0.5, 0.6) is 5.75 Å². The molecule has 0 aliphatic heterocycles. The van der Waals surface area contributed by atoms with E-state index in [1.165, 1.54) is 21.8 Å². The number of nitrogen functional groups attached to an aromatic ring is 1. The Morgan fingerprint density at radius 3 is 2.89 bits per heavy atom. The molecule has 0 aliphatic carbocycles. The zero-order chi connectivity index (χ0) is 13.0. The van der Waals surface area contributed by atoms with Gasteiger partial charge < -0.3 is 10.5 Å². The summed E-state index contributed by atoms with van der Waals surface area (Å²) in [7, 11) is 3.76. The van der Waals surface area contributed by atoms with Crippen LogP contribution in [0.4, 0.5) is 5.13 Å². The van der Waals surface area contributed by atoms with Crippen molar-refractivity contribution in [1.82, 2.24) is 9.88 Å². The fraction of sp³-hybridized carbons (Fsp3) is 0.308. The van der Waals surface area contributed by atoms with Crippen molar-refractivity contribution in [2.45, 2.75) is 13.1 Å². The van der Waals surface area contributed by atoms with Crippen molar-refractivity contribution >= 4 is 16.5 Å². The van der Waals surface area contributed by atoms with Gasteiger partial charge in [-0.15, -0.1) is 11.3 Å². The third-order valence-electron chi connectivity index (χ3n) is 2.58. The quantitative estimate of drug-likeness (QED) is 0.899. The van der Waals surface area contributed by atoms with Gasteiger partial charge in [-0.2, -0.15) is 0 Å². The Kier molecular flexibility index (Phi) is 4.17. The summed E-state index contributed by atoms with van der Waals surface area (Å²) in [5.41, 5.74) is 6.85. The van der Waals surface area contributed by atoms with Crippen LogP contribution in [0, 0.1) is 0 Å². The third-order valence-corrected chi connectivity index (χ3v) is 3.40. The number of anilines is 1. The summed E-state index contributed by atoms with van der Waals surface area (Å²) < 4.78 is 5.22. The van der Waals surface area contributed by atoms with Crippen LogP contribution in [0.25, 0.3) is 0 Å². The van der Waals surface area contributed by atoms with Crippen LogP contribution in [-0.2, 0) is 13.1 Å². The summed E-state index contributed by atoms with van der Waals surface area (Å²) in [5, 5.41) is 0.625. The molecule has 2 aromatic rings. The highest BCUT2D eigenvalue weighted by molar-refractivity contribution is 7.15. The minimum atomic E-state index is 0.625. The second-order valence-electron chi connectivity index (χ2n) is 4.19. The smallest absolute Gasteiger partial charge is 0.180 e. The Morgan fingerprint density at radius 2 is 2.22 bits per heavy atom. The van der Waals surface area contributed by atoms with Crippen molar-refractivity contribution in [3.05, 3.63) is 40.9 Å². The topological polar surface area (TPSA) is 51.4 Å². The van der Waals surface area contributed by atoms with E-state index in [0.717, 1.165) is 18.8 Å². The lowest BCUT2D eigenvalue weighted by molar-refractivity contribution is 0.321. The summed E-state index contributed by atoms with van der Waals surface area (Å²) in [4.78, 5) is 7.46. The highest BCUT2D eigenvalue weighted by Crippen LogP contribution is 2.18. The lowest BCUT2D eigenvalue weighted by atomic mass is 10.2. The van der Waals surface area contributed by atoms with E-state index >= 15 is 0 Å². The number of nitrogens with zero attached hydrogens (tertiary/aromatic N) is 2. The standard InChI is InChI=1S/C13H17N3OS/c1-16(9-12-7-15-13(14)18-12)8-10-4-3-5-11(6-10)17-2/h3-7H,8-9H2,1-2H3,(H2,14,15). The molecule has 0 spiro atoms. The van der Waals surface area contributed by atoms with E-state index in [0.29, 0.717) is 5.13 Å². The molecule has 0 atom stereocenters. The van der Waals surface area contributed by atoms with Crippen LogP contribution in [0.15, 0.2) is 30.5 Å². The van der Waals surface area contributed by atoms with Gasteiger partial charge in [0.1, 0.15) is 5.75 Å². The molecule has 0 aliphatic rings. The predicted octanol–water partition coefficient (Wildman–Crippen LogP) is 2.37. The van der Waals surface area contributed by atoms with Gasteiger partial charge in [-0.05, 0) is 24.7 Å². The Morgan fingerprint density at radius 1 is 1.39 bits per heavy atom. The maximum absolute atomic E-state index is 5.62. The Balaban J connectivity index is 1.96. The fourth-order valence-electron chi connectivity index (χ4n) is 1.80. The molecule has 0 saturated carbocycles. The predicted molar refractivity (Wildman–Crippen MR) is 74.7 cm³/mol. The molecule has 4 nitrogen and oxygen atoms in total. The van der Waals surface area contributed by atoms with Crippen molar-refractivity contribution < 1.29 is 4.74 Å². The summed E-state index contributed by atoms with van der Waals surface area (Å²) in [6.07, 6.45) is 1.84. The Bertz CT molecular complexity index is 512. The van der Waals surface area contributed by atoms with Crippen molar-refractivity contribution in [1.29, 1.82) is 0 Å². The molecular formula is C13H17N3OS. The van der Waals surface area contributed by atoms with Crippen molar-refractivity contribution in [3.63, 3.8) is 0 Å². The summed E-state index contributed by atoms with van der Waals surface area (Å²) >= 11 is 1.53. The SMILES string of the molecule is COc1cccc(CN(C)Cc2cnc(N)s2)c1. The average Bonchev–Trinajstić information content (AvgIpc) is 2.74. The molecule has 1 aromatic heterocycles. The van der Waals surface area contributed by atoms with Gasteiger partial charge in [0.05, 0.1) is 7.11 Å². The van der Waals surface area contributed by atoms with Gasteiger partial charge in [0, 0.05) is 24.2 Å². The van der Waals surface area contributed by atoms with Gasteiger partial charge >= 0.3 is 0 Å². The fourth-order valence-corrected chi connectivity index (χ4v) is 2.56. The molecule has 5 heteroatoms. The molecule has 2 N–H and O–H groups in total. The first-order valence-corrected chi connectivity index (χ1v) is 6.50. The summed E-state index contributed by atoms with van der Waals surface area (Å²) in [6.45, 7) is 1.72. The van der Waals surface area contributed by atoms with Crippen LogP contribution >= 0.6 is 11.3 Å². The maximum Gasteiger partial charge on any atom is 0.180 e. The van der Waals surface area contributed by atoms with E-state index in [2.05, 4.69) is 29.1 Å².